The average Bonchev–Trinajstić information content (AvgIpc) is 3.62. The normalized spacial score (nSPS) is 18.6. The molecule has 2 unspecified atom stereocenters. The summed E-state index contributed by atoms with van der Waals surface area (Å²) in [4.78, 5) is 0. The Kier molecular flexibility index (Phi) is 11.2. The van der Waals surface area contributed by atoms with Crippen LogP contribution in [0.1, 0.15) is 128 Å². The van der Waals surface area contributed by atoms with E-state index in [4.69, 9.17) is 0 Å². The van der Waals surface area contributed by atoms with E-state index in [1.807, 2.05) is 0 Å². The molecular formula is C47H56Cl2Hf. The van der Waals surface area contributed by atoms with Crippen molar-refractivity contribution in [2.45, 2.75) is 103 Å². The van der Waals surface area contributed by atoms with Gasteiger partial charge in [0, 0.05) is 0 Å². The van der Waals surface area contributed by atoms with E-state index < -0.39 is 20.0 Å². The van der Waals surface area contributed by atoms with Gasteiger partial charge < -0.3 is 24.8 Å². The zero-order chi connectivity index (χ0) is 34.2. The van der Waals surface area contributed by atoms with Crippen LogP contribution in [0.4, 0.5) is 0 Å². The topological polar surface area (TPSA) is 0 Å². The molecule has 2 atom stereocenters. The Hall–Kier alpha value is -2.19. The summed E-state index contributed by atoms with van der Waals surface area (Å²) in [6.45, 7) is 24.1. The molecule has 7 rings (SSSR count). The van der Waals surface area contributed by atoms with Crippen LogP contribution in [0, 0.1) is 10.8 Å². The Bertz CT molecular complexity index is 1770. The molecule has 262 valence electrons. The monoisotopic (exact) mass is 870 g/mol. The van der Waals surface area contributed by atoms with Crippen LogP contribution in [0.3, 0.4) is 0 Å². The predicted molar refractivity (Wildman–Crippen MR) is 207 cm³/mol. The molecule has 0 amide bonds. The molecule has 0 N–H and O–H groups in total. The van der Waals surface area contributed by atoms with Crippen LogP contribution in [-0.2, 0) is 20.0 Å². The summed E-state index contributed by atoms with van der Waals surface area (Å²) in [6.07, 6.45) is 6.75. The van der Waals surface area contributed by atoms with Gasteiger partial charge in [0.15, 0.2) is 0 Å². The molecule has 1 fully saturated rings. The minimum absolute atomic E-state index is 0. The van der Waals surface area contributed by atoms with Crippen molar-refractivity contribution in [1.29, 1.82) is 0 Å². The van der Waals surface area contributed by atoms with Gasteiger partial charge in [0.05, 0.1) is 0 Å². The van der Waals surface area contributed by atoms with E-state index in [-0.39, 0.29) is 35.6 Å². The van der Waals surface area contributed by atoms with Crippen LogP contribution < -0.4 is 24.8 Å². The van der Waals surface area contributed by atoms with Crippen LogP contribution in [0.2, 0.25) is 8.35 Å². The smallest absolute Gasteiger partial charge is 1.00 e. The number of halogens is 2. The molecule has 1 heterocycles. The minimum atomic E-state index is -3.22. The van der Waals surface area contributed by atoms with E-state index in [1.165, 1.54) is 59.3 Å². The maximum Gasteiger partial charge on any atom is -1.00 e. The van der Waals surface area contributed by atoms with Gasteiger partial charge in [-0.2, -0.15) is 0 Å². The van der Waals surface area contributed by atoms with Crippen LogP contribution in [0.25, 0.3) is 34.4 Å². The van der Waals surface area contributed by atoms with Crippen molar-refractivity contribution < 1.29 is 44.8 Å². The van der Waals surface area contributed by atoms with E-state index in [0.717, 1.165) is 0 Å². The third-order valence-corrected chi connectivity index (χ3v) is 34.0. The molecule has 0 saturated carbocycles. The van der Waals surface area contributed by atoms with E-state index in [2.05, 4.69) is 166 Å². The second kappa shape index (κ2) is 14.3. The van der Waals surface area contributed by atoms with Crippen molar-refractivity contribution in [2.24, 2.45) is 10.8 Å². The molecule has 0 radical (unpaired) electrons. The quantitative estimate of drug-likeness (QED) is 0.171. The van der Waals surface area contributed by atoms with Gasteiger partial charge in [0.1, 0.15) is 0 Å². The van der Waals surface area contributed by atoms with Crippen molar-refractivity contribution >= 4 is 12.2 Å². The third-order valence-electron chi connectivity index (χ3n) is 12.1. The molecule has 0 nitrogen and oxygen atoms in total. The Balaban J connectivity index is 0.00000243. The summed E-state index contributed by atoms with van der Waals surface area (Å²) < 4.78 is 4.21. The Morgan fingerprint density at radius 1 is 0.520 bits per heavy atom. The zero-order valence-corrected chi connectivity index (χ0v) is 37.0. The standard InChI is InChI=1S/2C22H25.C3H6.2ClH.Hf/c2*1-15(2)16-9-11-17(12-10-16)20-8-6-7-18-13-19(14-21(18)20)22(3,4)5;1-3-2;;;/h2*6-15H,1-5H3;1-3H2;2*1H;/q;;;;;+2/p-2. The molecule has 2 aliphatic carbocycles. The number of hydrogen-bond acceptors (Lipinski definition) is 0. The molecule has 0 aromatic heterocycles. The predicted octanol–water partition coefficient (Wildman–Crippen LogP) is 8.34. The van der Waals surface area contributed by atoms with Gasteiger partial charge in [-0.1, -0.05) is 0 Å². The van der Waals surface area contributed by atoms with E-state index in [9.17, 15) is 0 Å². The first kappa shape index (κ1) is 39.0. The van der Waals surface area contributed by atoms with Crippen molar-refractivity contribution in [3.05, 3.63) is 129 Å². The molecule has 1 saturated heterocycles. The second-order valence-corrected chi connectivity index (χ2v) is 34.4. The first-order valence-electron chi connectivity index (χ1n) is 18.6. The first-order chi connectivity index (χ1) is 22.7. The average molecular weight is 870 g/mol. The maximum absolute atomic E-state index is 3.22. The molecule has 3 heteroatoms. The summed E-state index contributed by atoms with van der Waals surface area (Å²) in [5, 5.41) is 0. The number of rotatable bonds is 6. The summed E-state index contributed by atoms with van der Waals surface area (Å²) in [6, 6.07) is 33.4. The van der Waals surface area contributed by atoms with Crippen molar-refractivity contribution in [2.75, 3.05) is 0 Å². The van der Waals surface area contributed by atoms with Crippen LogP contribution in [0.15, 0.2) is 96.1 Å². The molecule has 4 aromatic rings. The SMILES string of the molecule is CC(C)c1ccc(-c2cccc3c2C=C(C(C)(C)C)[CH]3[Hf+2]2([CH]3C(C(C)(C)C)=Cc4c(-c5ccc(C(C)C)cc5)cccc43)[CH2]C[CH2]2)cc1.[Cl-].[Cl-]. The molecule has 3 aliphatic rings. The van der Waals surface area contributed by atoms with Gasteiger partial charge in [-0.3, -0.25) is 0 Å². The molecule has 50 heavy (non-hydrogen) atoms. The van der Waals surface area contributed by atoms with Gasteiger partial charge in [0.25, 0.3) is 0 Å². The number of allylic oxidation sites excluding steroid dienone is 2. The molecule has 0 bridgehead atoms. The van der Waals surface area contributed by atoms with Gasteiger partial charge >= 0.3 is 298 Å². The Morgan fingerprint density at radius 2 is 0.880 bits per heavy atom. The third kappa shape index (κ3) is 6.63. The van der Waals surface area contributed by atoms with Crippen molar-refractivity contribution in [3.63, 3.8) is 0 Å². The molecule has 4 aromatic carbocycles. The Morgan fingerprint density at radius 3 is 1.16 bits per heavy atom. The fourth-order valence-electron chi connectivity index (χ4n) is 9.27. The van der Waals surface area contributed by atoms with Gasteiger partial charge in [0.2, 0.25) is 0 Å². The summed E-state index contributed by atoms with van der Waals surface area (Å²) in [5.74, 6) is 1.09. The van der Waals surface area contributed by atoms with Gasteiger partial charge in [-0.15, -0.1) is 0 Å². The maximum atomic E-state index is 2.68. The van der Waals surface area contributed by atoms with Crippen LogP contribution in [0.5, 0.6) is 0 Å². The first-order valence-corrected chi connectivity index (χ1v) is 27.8. The minimum Gasteiger partial charge on any atom is -1.00 e. The van der Waals surface area contributed by atoms with Gasteiger partial charge in [-0.05, 0) is 0 Å². The molecule has 1 aliphatic heterocycles. The van der Waals surface area contributed by atoms with Crippen LogP contribution >= 0.6 is 0 Å². The number of fused-ring (bicyclic) bond motifs is 2. The number of hydrogen-bond donors (Lipinski definition) is 0. The van der Waals surface area contributed by atoms with E-state index in [1.54, 1.807) is 22.3 Å². The van der Waals surface area contributed by atoms with Crippen LogP contribution in [-0.4, -0.2) is 0 Å². The fourth-order valence-corrected chi connectivity index (χ4v) is 33.2. The van der Waals surface area contributed by atoms with E-state index in [0.29, 0.717) is 19.2 Å². The van der Waals surface area contributed by atoms with Crippen molar-refractivity contribution in [1.82, 2.24) is 0 Å². The largest absolute Gasteiger partial charge is 1.00 e. The zero-order valence-electron chi connectivity index (χ0n) is 31.9. The molecular weight excluding hydrogens is 814 g/mol. The second-order valence-electron chi connectivity index (χ2n) is 17.8. The summed E-state index contributed by atoms with van der Waals surface area (Å²) >= 11 is -3.22. The van der Waals surface area contributed by atoms with Gasteiger partial charge in [-0.25, -0.2) is 0 Å². The number of benzene rings is 4. The van der Waals surface area contributed by atoms with Crippen molar-refractivity contribution in [3.8, 4) is 22.3 Å². The van der Waals surface area contributed by atoms with E-state index >= 15 is 0 Å². The molecule has 0 spiro atoms. The summed E-state index contributed by atoms with van der Waals surface area (Å²) in [5.41, 5.74) is 18.4. The summed E-state index contributed by atoms with van der Waals surface area (Å²) in [7, 11) is 0. The fraction of sp³-hybridized carbons (Fsp3) is 0.404. The Labute approximate surface area is 320 Å².